The maximum absolute atomic E-state index is 4.92. The number of fused-ring (bicyclic) bond motifs is 5. The minimum Gasteiger partial charge on any atom is -0.310 e. The Hall–Kier alpha value is -6.66. The van der Waals surface area contributed by atoms with Crippen LogP contribution in [0, 0.1) is 0 Å². The van der Waals surface area contributed by atoms with Crippen LogP contribution in [0.2, 0.25) is 0 Å². The Kier molecular flexibility index (Phi) is 7.54. The van der Waals surface area contributed by atoms with Crippen LogP contribution in [0.15, 0.2) is 188 Å². The third kappa shape index (κ3) is 5.73. The van der Waals surface area contributed by atoms with E-state index >= 15 is 0 Å². The van der Waals surface area contributed by atoms with Gasteiger partial charge in [-0.3, -0.25) is 0 Å². The molecule has 0 unspecified atom stereocenters. The van der Waals surface area contributed by atoms with Gasteiger partial charge in [0.2, 0.25) is 0 Å². The van der Waals surface area contributed by atoms with Gasteiger partial charge >= 0.3 is 0 Å². The molecule has 258 valence electrons. The first-order valence-corrected chi connectivity index (χ1v) is 20.0. The van der Waals surface area contributed by atoms with Crippen molar-refractivity contribution in [1.29, 1.82) is 0 Å². The van der Waals surface area contributed by atoms with E-state index < -0.39 is 0 Å². The standard InChI is InChI=1S/C50H31N3S2/c1-2-9-35-31-44-38(28-34(35)8-1)10-7-11-43(44)39-17-16-37-30-42(27-22-36(37)29-39)53(40-23-18-32(19-24-40)49-51-45-12-3-5-14-47(45)54-49)41-25-20-33(21-26-41)50-52-46-13-4-6-15-48(46)55-50/h1-31H. The van der Waals surface area contributed by atoms with Gasteiger partial charge in [-0.1, -0.05) is 84.9 Å². The van der Waals surface area contributed by atoms with E-state index in [0.717, 1.165) is 49.2 Å². The highest BCUT2D eigenvalue weighted by atomic mass is 32.1. The van der Waals surface area contributed by atoms with Gasteiger partial charge < -0.3 is 4.90 Å². The molecule has 0 N–H and O–H groups in total. The zero-order chi connectivity index (χ0) is 36.3. The normalized spacial score (nSPS) is 11.6. The number of anilines is 3. The first-order chi connectivity index (χ1) is 27.2. The van der Waals surface area contributed by atoms with Crippen LogP contribution in [0.1, 0.15) is 0 Å². The molecule has 0 bridgehead atoms. The van der Waals surface area contributed by atoms with Crippen molar-refractivity contribution < 1.29 is 0 Å². The van der Waals surface area contributed by atoms with Crippen LogP contribution < -0.4 is 4.90 Å². The Balaban J connectivity index is 0.988. The number of para-hydroxylation sites is 2. The lowest BCUT2D eigenvalue weighted by Gasteiger charge is -2.26. The smallest absolute Gasteiger partial charge is 0.124 e. The van der Waals surface area contributed by atoms with E-state index in [0.29, 0.717) is 0 Å². The molecule has 0 atom stereocenters. The number of thiazole rings is 2. The molecule has 0 aliphatic carbocycles. The van der Waals surface area contributed by atoms with E-state index in [-0.39, 0.29) is 0 Å². The molecular weight excluding hydrogens is 707 g/mol. The van der Waals surface area contributed by atoms with Crippen molar-refractivity contribution in [2.45, 2.75) is 0 Å². The number of aromatic nitrogens is 2. The van der Waals surface area contributed by atoms with Crippen molar-refractivity contribution in [3.8, 4) is 32.3 Å². The molecule has 3 nitrogen and oxygen atoms in total. The summed E-state index contributed by atoms with van der Waals surface area (Å²) in [5.41, 5.74) is 10.0. The number of hydrogen-bond acceptors (Lipinski definition) is 5. The minimum atomic E-state index is 1.03. The molecular formula is C50H31N3S2. The van der Waals surface area contributed by atoms with Crippen LogP contribution in [0.4, 0.5) is 17.1 Å². The zero-order valence-corrected chi connectivity index (χ0v) is 31.2. The van der Waals surface area contributed by atoms with E-state index in [9.17, 15) is 0 Å². The van der Waals surface area contributed by atoms with Crippen LogP contribution in [-0.2, 0) is 0 Å². The topological polar surface area (TPSA) is 29.0 Å². The fourth-order valence-corrected chi connectivity index (χ4v) is 9.65. The minimum absolute atomic E-state index is 1.03. The summed E-state index contributed by atoms with van der Waals surface area (Å²) in [7, 11) is 0. The molecule has 0 saturated carbocycles. The maximum atomic E-state index is 4.92. The Morgan fingerprint density at radius 1 is 0.345 bits per heavy atom. The summed E-state index contributed by atoms with van der Waals surface area (Å²) in [5.74, 6) is 0. The molecule has 0 fully saturated rings. The first-order valence-electron chi connectivity index (χ1n) is 18.4. The SMILES string of the molecule is c1ccc2cc3c(-c4ccc5cc(N(c6ccc(-c7nc8ccccc8s7)cc6)c6ccc(-c7nc8ccccc8s7)cc6)ccc5c4)cccc3cc2c1. The van der Waals surface area contributed by atoms with Gasteiger partial charge in [0.15, 0.2) is 0 Å². The fraction of sp³-hybridized carbons (Fsp3) is 0. The molecule has 55 heavy (non-hydrogen) atoms. The second kappa shape index (κ2) is 13.0. The quantitative estimate of drug-likeness (QED) is 0.159. The van der Waals surface area contributed by atoms with Crippen LogP contribution >= 0.6 is 22.7 Å². The number of nitrogens with zero attached hydrogens (tertiary/aromatic N) is 3. The van der Waals surface area contributed by atoms with Gasteiger partial charge in [-0.25, -0.2) is 9.97 Å². The van der Waals surface area contributed by atoms with E-state index in [1.54, 1.807) is 22.7 Å². The predicted molar refractivity (Wildman–Crippen MR) is 236 cm³/mol. The molecule has 11 aromatic rings. The van der Waals surface area contributed by atoms with Crippen molar-refractivity contribution in [3.05, 3.63) is 188 Å². The van der Waals surface area contributed by atoms with Gasteiger partial charge in [-0.2, -0.15) is 0 Å². The van der Waals surface area contributed by atoms with Gasteiger partial charge in [0.05, 0.1) is 20.4 Å². The highest BCUT2D eigenvalue weighted by molar-refractivity contribution is 7.22. The van der Waals surface area contributed by atoms with Gasteiger partial charge in [0.1, 0.15) is 10.0 Å². The molecule has 0 radical (unpaired) electrons. The highest BCUT2D eigenvalue weighted by Crippen LogP contribution is 2.41. The van der Waals surface area contributed by atoms with Crippen molar-refractivity contribution in [3.63, 3.8) is 0 Å². The molecule has 0 amide bonds. The predicted octanol–water partition coefficient (Wildman–Crippen LogP) is 14.8. The maximum Gasteiger partial charge on any atom is 0.124 e. The molecule has 5 heteroatoms. The molecule has 11 rings (SSSR count). The van der Waals surface area contributed by atoms with Crippen molar-refractivity contribution in [2.24, 2.45) is 0 Å². The fourth-order valence-electron chi connectivity index (χ4n) is 7.70. The Morgan fingerprint density at radius 2 is 0.836 bits per heavy atom. The van der Waals surface area contributed by atoms with Gasteiger partial charge in [-0.05, 0) is 147 Å². The molecule has 2 heterocycles. The highest BCUT2D eigenvalue weighted by Gasteiger charge is 2.16. The van der Waals surface area contributed by atoms with E-state index in [2.05, 4.69) is 181 Å². The molecule has 2 aromatic heterocycles. The average molecular weight is 738 g/mol. The van der Waals surface area contributed by atoms with Crippen LogP contribution in [0.3, 0.4) is 0 Å². The van der Waals surface area contributed by atoms with E-state index in [1.807, 2.05) is 12.1 Å². The van der Waals surface area contributed by atoms with Crippen molar-refractivity contribution >= 4 is 92.5 Å². The lowest BCUT2D eigenvalue weighted by atomic mass is 9.94. The number of benzene rings is 9. The van der Waals surface area contributed by atoms with Crippen molar-refractivity contribution in [1.82, 2.24) is 9.97 Å². The molecule has 0 spiro atoms. The molecule has 9 aromatic carbocycles. The Labute approximate surface area is 326 Å². The molecule has 0 aliphatic rings. The van der Waals surface area contributed by atoms with E-state index in [4.69, 9.17) is 9.97 Å². The summed E-state index contributed by atoms with van der Waals surface area (Å²) in [6.45, 7) is 0. The third-order valence-electron chi connectivity index (χ3n) is 10.5. The lowest BCUT2D eigenvalue weighted by molar-refractivity contribution is 1.29. The number of rotatable bonds is 6. The summed E-state index contributed by atoms with van der Waals surface area (Å²) in [5, 5.41) is 9.50. The van der Waals surface area contributed by atoms with Crippen LogP contribution in [0.5, 0.6) is 0 Å². The molecule has 0 saturated heterocycles. The zero-order valence-electron chi connectivity index (χ0n) is 29.6. The summed E-state index contributed by atoms with van der Waals surface area (Å²) >= 11 is 3.46. The van der Waals surface area contributed by atoms with Crippen molar-refractivity contribution in [2.75, 3.05) is 4.90 Å². The van der Waals surface area contributed by atoms with Gasteiger partial charge in [0.25, 0.3) is 0 Å². The third-order valence-corrected chi connectivity index (χ3v) is 12.6. The summed E-state index contributed by atoms with van der Waals surface area (Å²) in [6, 6.07) is 67.8. The first kappa shape index (κ1) is 31.8. The van der Waals surface area contributed by atoms with Gasteiger partial charge in [-0.15, -0.1) is 22.7 Å². The summed E-state index contributed by atoms with van der Waals surface area (Å²) in [6.07, 6.45) is 0. The Bertz CT molecular complexity index is 3030. The van der Waals surface area contributed by atoms with E-state index in [1.165, 1.54) is 52.8 Å². The second-order valence-electron chi connectivity index (χ2n) is 13.9. The number of hydrogen-bond donors (Lipinski definition) is 0. The largest absolute Gasteiger partial charge is 0.310 e. The Morgan fingerprint density at radius 3 is 1.47 bits per heavy atom. The van der Waals surface area contributed by atoms with Crippen LogP contribution in [0.25, 0.3) is 85.0 Å². The monoisotopic (exact) mass is 737 g/mol. The van der Waals surface area contributed by atoms with Gasteiger partial charge in [0, 0.05) is 28.2 Å². The summed E-state index contributed by atoms with van der Waals surface area (Å²) < 4.78 is 2.40. The summed E-state index contributed by atoms with van der Waals surface area (Å²) in [4.78, 5) is 12.2. The average Bonchev–Trinajstić information content (AvgIpc) is 3.88. The molecule has 0 aliphatic heterocycles. The second-order valence-corrected chi connectivity index (χ2v) is 15.9. The van der Waals surface area contributed by atoms with Crippen LogP contribution in [-0.4, -0.2) is 9.97 Å². The lowest BCUT2D eigenvalue weighted by Crippen LogP contribution is -2.09.